The topological polar surface area (TPSA) is 15.3 Å². The molecule has 1 heterocycles. The summed E-state index contributed by atoms with van der Waals surface area (Å²) in [4.78, 5) is 2.36. The molecular weight excluding hydrogens is 252 g/mol. The molecule has 0 radical (unpaired) electrons. The third-order valence-electron chi connectivity index (χ3n) is 3.30. The van der Waals surface area contributed by atoms with Crippen LogP contribution in [0.15, 0.2) is 41.1 Å². The van der Waals surface area contributed by atoms with Crippen LogP contribution in [0.2, 0.25) is 0 Å². The van der Waals surface area contributed by atoms with Gasteiger partial charge in [0, 0.05) is 31.9 Å². The van der Waals surface area contributed by atoms with E-state index in [2.05, 4.69) is 65.2 Å². The Morgan fingerprint density at radius 1 is 0.947 bits per heavy atom. The summed E-state index contributed by atoms with van der Waals surface area (Å²) in [6, 6.07) is 11.0. The van der Waals surface area contributed by atoms with E-state index >= 15 is 0 Å². The lowest BCUT2D eigenvalue weighted by atomic mass is 10.2. The summed E-state index contributed by atoms with van der Waals surface area (Å²) in [5.74, 6) is 0. The number of nitrogens with one attached hydrogen (secondary N) is 1. The van der Waals surface area contributed by atoms with Crippen molar-refractivity contribution in [2.24, 2.45) is 0 Å². The van der Waals surface area contributed by atoms with Crippen molar-refractivity contribution in [2.75, 3.05) is 18.0 Å². The Morgan fingerprint density at radius 3 is 2.21 bits per heavy atom. The Morgan fingerprint density at radius 2 is 1.63 bits per heavy atom. The van der Waals surface area contributed by atoms with Crippen molar-refractivity contribution in [3.8, 4) is 0 Å². The van der Waals surface area contributed by atoms with Crippen molar-refractivity contribution in [1.29, 1.82) is 0 Å². The van der Waals surface area contributed by atoms with Crippen molar-refractivity contribution >= 4 is 17.0 Å². The van der Waals surface area contributed by atoms with Crippen LogP contribution in [0.3, 0.4) is 0 Å². The predicted molar refractivity (Wildman–Crippen MR) is 84.9 cm³/mol. The van der Waals surface area contributed by atoms with E-state index in [1.165, 1.54) is 16.8 Å². The predicted octanol–water partition coefficient (Wildman–Crippen LogP) is 3.88. The van der Waals surface area contributed by atoms with E-state index in [9.17, 15) is 0 Å². The molecule has 0 spiro atoms. The largest absolute Gasteiger partial charge is 0.372 e. The van der Waals surface area contributed by atoms with Crippen LogP contribution in [0.25, 0.3) is 0 Å². The highest BCUT2D eigenvalue weighted by Gasteiger charge is 2.01. The molecule has 2 aromatic rings. The summed E-state index contributed by atoms with van der Waals surface area (Å²) in [7, 11) is 0. The maximum absolute atomic E-state index is 3.47. The maximum Gasteiger partial charge on any atom is 0.0366 e. The van der Waals surface area contributed by atoms with Gasteiger partial charge in [-0.2, -0.15) is 11.3 Å². The van der Waals surface area contributed by atoms with Crippen LogP contribution in [-0.2, 0) is 13.1 Å². The van der Waals surface area contributed by atoms with E-state index in [0.29, 0.717) is 0 Å². The lowest BCUT2D eigenvalue weighted by Gasteiger charge is -2.21. The minimum absolute atomic E-state index is 0.925. The summed E-state index contributed by atoms with van der Waals surface area (Å²) < 4.78 is 0. The molecular formula is C16H22N2S. The Balaban J connectivity index is 1.84. The molecule has 0 amide bonds. The standard InChI is InChI=1S/C16H22N2S/c1-3-18(4-2)16-7-5-14(6-8-16)11-17-12-15-9-10-19-13-15/h5-10,13,17H,3-4,11-12H2,1-2H3. The summed E-state index contributed by atoms with van der Waals surface area (Å²) in [6.45, 7) is 8.38. The molecule has 19 heavy (non-hydrogen) atoms. The van der Waals surface area contributed by atoms with E-state index < -0.39 is 0 Å². The van der Waals surface area contributed by atoms with Crippen molar-refractivity contribution in [3.63, 3.8) is 0 Å². The number of nitrogens with zero attached hydrogens (tertiary/aromatic N) is 1. The highest BCUT2D eigenvalue weighted by atomic mass is 32.1. The van der Waals surface area contributed by atoms with Crippen molar-refractivity contribution in [3.05, 3.63) is 52.2 Å². The second-order valence-corrected chi connectivity index (χ2v) is 5.35. The molecule has 0 bridgehead atoms. The van der Waals surface area contributed by atoms with Crippen molar-refractivity contribution in [1.82, 2.24) is 5.32 Å². The molecule has 0 fully saturated rings. The Bertz CT molecular complexity index is 458. The first-order valence-electron chi connectivity index (χ1n) is 6.89. The minimum atomic E-state index is 0.925. The minimum Gasteiger partial charge on any atom is -0.372 e. The Hall–Kier alpha value is -1.32. The quantitative estimate of drug-likeness (QED) is 0.824. The normalized spacial score (nSPS) is 10.6. The van der Waals surface area contributed by atoms with Crippen LogP contribution >= 0.6 is 11.3 Å². The maximum atomic E-state index is 3.47. The summed E-state index contributed by atoms with van der Waals surface area (Å²) in [5.41, 5.74) is 4.02. The molecule has 1 aromatic heterocycles. The van der Waals surface area contributed by atoms with E-state index in [4.69, 9.17) is 0 Å². The SMILES string of the molecule is CCN(CC)c1ccc(CNCc2ccsc2)cc1. The summed E-state index contributed by atoms with van der Waals surface area (Å²) >= 11 is 1.75. The second kappa shape index (κ2) is 7.31. The molecule has 0 aliphatic carbocycles. The van der Waals surface area contributed by atoms with E-state index in [1.54, 1.807) is 11.3 Å². The van der Waals surface area contributed by atoms with Gasteiger partial charge < -0.3 is 10.2 Å². The first-order valence-corrected chi connectivity index (χ1v) is 7.83. The van der Waals surface area contributed by atoms with Gasteiger partial charge in [0.15, 0.2) is 0 Å². The fraction of sp³-hybridized carbons (Fsp3) is 0.375. The van der Waals surface area contributed by atoms with Gasteiger partial charge in [-0.05, 0) is 53.9 Å². The average molecular weight is 274 g/mol. The zero-order chi connectivity index (χ0) is 13.5. The van der Waals surface area contributed by atoms with Crippen LogP contribution in [0, 0.1) is 0 Å². The van der Waals surface area contributed by atoms with Crippen LogP contribution in [0.5, 0.6) is 0 Å². The van der Waals surface area contributed by atoms with Gasteiger partial charge in [-0.25, -0.2) is 0 Å². The van der Waals surface area contributed by atoms with Gasteiger partial charge in [-0.1, -0.05) is 12.1 Å². The molecule has 0 aliphatic heterocycles. The van der Waals surface area contributed by atoms with Crippen LogP contribution < -0.4 is 10.2 Å². The van der Waals surface area contributed by atoms with Gasteiger partial charge >= 0.3 is 0 Å². The van der Waals surface area contributed by atoms with Crippen LogP contribution in [0.4, 0.5) is 5.69 Å². The van der Waals surface area contributed by atoms with Gasteiger partial charge in [0.05, 0.1) is 0 Å². The molecule has 0 aliphatic rings. The summed E-state index contributed by atoms with van der Waals surface area (Å²) in [6.07, 6.45) is 0. The molecule has 0 atom stereocenters. The third kappa shape index (κ3) is 4.08. The van der Waals surface area contributed by atoms with Gasteiger partial charge in [0.25, 0.3) is 0 Å². The monoisotopic (exact) mass is 274 g/mol. The van der Waals surface area contributed by atoms with Crippen LogP contribution in [-0.4, -0.2) is 13.1 Å². The number of anilines is 1. The smallest absolute Gasteiger partial charge is 0.0366 e. The molecule has 1 aromatic carbocycles. The molecule has 102 valence electrons. The Kier molecular flexibility index (Phi) is 5.43. The van der Waals surface area contributed by atoms with E-state index in [-0.39, 0.29) is 0 Å². The number of rotatable bonds is 7. The molecule has 2 nitrogen and oxygen atoms in total. The molecule has 0 unspecified atom stereocenters. The zero-order valence-corrected chi connectivity index (χ0v) is 12.5. The molecule has 3 heteroatoms. The lowest BCUT2D eigenvalue weighted by molar-refractivity contribution is 0.695. The number of hydrogen-bond acceptors (Lipinski definition) is 3. The fourth-order valence-electron chi connectivity index (χ4n) is 2.16. The fourth-order valence-corrected chi connectivity index (χ4v) is 2.83. The second-order valence-electron chi connectivity index (χ2n) is 4.57. The van der Waals surface area contributed by atoms with Crippen molar-refractivity contribution in [2.45, 2.75) is 26.9 Å². The summed E-state index contributed by atoms with van der Waals surface area (Å²) in [5, 5.41) is 7.79. The van der Waals surface area contributed by atoms with E-state index in [0.717, 1.165) is 26.2 Å². The number of thiophene rings is 1. The van der Waals surface area contributed by atoms with Gasteiger partial charge in [-0.3, -0.25) is 0 Å². The number of benzene rings is 1. The molecule has 0 saturated heterocycles. The zero-order valence-electron chi connectivity index (χ0n) is 11.7. The number of hydrogen-bond donors (Lipinski definition) is 1. The van der Waals surface area contributed by atoms with Gasteiger partial charge in [0.1, 0.15) is 0 Å². The molecule has 0 saturated carbocycles. The first-order chi connectivity index (χ1) is 9.33. The van der Waals surface area contributed by atoms with Crippen molar-refractivity contribution < 1.29 is 0 Å². The highest BCUT2D eigenvalue weighted by molar-refractivity contribution is 7.07. The average Bonchev–Trinajstić information content (AvgIpc) is 2.95. The Labute approximate surface area is 120 Å². The molecule has 1 N–H and O–H groups in total. The lowest BCUT2D eigenvalue weighted by Crippen LogP contribution is -2.21. The van der Waals surface area contributed by atoms with E-state index in [1.807, 2.05) is 0 Å². The third-order valence-corrected chi connectivity index (χ3v) is 4.04. The molecule has 2 rings (SSSR count). The van der Waals surface area contributed by atoms with Gasteiger partial charge in [0.2, 0.25) is 0 Å². The first kappa shape index (κ1) is 14.1. The van der Waals surface area contributed by atoms with Crippen LogP contribution in [0.1, 0.15) is 25.0 Å². The van der Waals surface area contributed by atoms with Gasteiger partial charge in [-0.15, -0.1) is 0 Å². The highest BCUT2D eigenvalue weighted by Crippen LogP contribution is 2.15.